The standard InChI is InChI=1S/C19H23NO/c1-14-8-10-16(11-9-14)13-20-18-7-4-12-21-19-15(2)5-3-6-17(18)19/h3,5-6,8-11,18,20H,4,7,12-13H2,1-2H3. The second-order valence-electron chi connectivity index (χ2n) is 5.90. The van der Waals surface area contributed by atoms with Gasteiger partial charge in [-0.15, -0.1) is 0 Å². The Morgan fingerprint density at radius 1 is 1.10 bits per heavy atom. The number of para-hydroxylation sites is 1. The topological polar surface area (TPSA) is 21.3 Å². The van der Waals surface area contributed by atoms with Crippen molar-refractivity contribution in [3.63, 3.8) is 0 Å². The van der Waals surface area contributed by atoms with Crippen LogP contribution in [-0.4, -0.2) is 6.61 Å². The van der Waals surface area contributed by atoms with Gasteiger partial charge in [-0.05, 0) is 37.8 Å². The molecule has 0 aliphatic carbocycles. The van der Waals surface area contributed by atoms with Crippen LogP contribution in [0.1, 0.15) is 41.1 Å². The third kappa shape index (κ3) is 3.27. The summed E-state index contributed by atoms with van der Waals surface area (Å²) < 4.78 is 5.94. The van der Waals surface area contributed by atoms with Crippen LogP contribution in [0, 0.1) is 13.8 Å². The Morgan fingerprint density at radius 3 is 2.71 bits per heavy atom. The summed E-state index contributed by atoms with van der Waals surface area (Å²) in [4.78, 5) is 0. The molecule has 1 heterocycles. The monoisotopic (exact) mass is 281 g/mol. The molecule has 1 aliphatic heterocycles. The Hall–Kier alpha value is -1.80. The highest BCUT2D eigenvalue weighted by Crippen LogP contribution is 2.34. The molecule has 21 heavy (non-hydrogen) atoms. The summed E-state index contributed by atoms with van der Waals surface area (Å²) in [6.45, 7) is 5.97. The molecule has 2 aromatic rings. The lowest BCUT2D eigenvalue weighted by molar-refractivity contribution is 0.313. The number of fused-ring (bicyclic) bond motifs is 1. The fourth-order valence-corrected chi connectivity index (χ4v) is 2.92. The maximum absolute atomic E-state index is 5.94. The molecule has 110 valence electrons. The zero-order valence-corrected chi connectivity index (χ0v) is 12.9. The summed E-state index contributed by atoms with van der Waals surface area (Å²) >= 11 is 0. The van der Waals surface area contributed by atoms with E-state index in [4.69, 9.17) is 4.74 Å². The Kier molecular flexibility index (Phi) is 4.26. The first-order valence-corrected chi connectivity index (χ1v) is 7.75. The first kappa shape index (κ1) is 14.2. The van der Waals surface area contributed by atoms with Gasteiger partial charge in [-0.1, -0.05) is 48.0 Å². The molecule has 2 aromatic carbocycles. The van der Waals surface area contributed by atoms with E-state index < -0.39 is 0 Å². The minimum Gasteiger partial charge on any atom is -0.493 e. The first-order chi connectivity index (χ1) is 10.2. The van der Waals surface area contributed by atoms with Gasteiger partial charge in [0.25, 0.3) is 0 Å². The smallest absolute Gasteiger partial charge is 0.126 e. The second-order valence-corrected chi connectivity index (χ2v) is 5.90. The number of benzene rings is 2. The Morgan fingerprint density at radius 2 is 1.90 bits per heavy atom. The van der Waals surface area contributed by atoms with Crippen LogP contribution in [0.2, 0.25) is 0 Å². The van der Waals surface area contributed by atoms with E-state index >= 15 is 0 Å². The van der Waals surface area contributed by atoms with Crippen molar-refractivity contribution < 1.29 is 4.74 Å². The molecule has 1 unspecified atom stereocenters. The minimum absolute atomic E-state index is 0.378. The van der Waals surface area contributed by atoms with Crippen molar-refractivity contribution in [3.05, 3.63) is 64.7 Å². The van der Waals surface area contributed by atoms with E-state index in [2.05, 4.69) is 61.6 Å². The summed E-state index contributed by atoms with van der Waals surface area (Å²) in [5.74, 6) is 1.08. The Bertz CT molecular complexity index is 603. The van der Waals surface area contributed by atoms with Crippen molar-refractivity contribution in [1.29, 1.82) is 0 Å². The average Bonchev–Trinajstić information content (AvgIpc) is 2.70. The van der Waals surface area contributed by atoms with Gasteiger partial charge < -0.3 is 10.1 Å². The molecule has 0 saturated heterocycles. The lowest BCUT2D eigenvalue weighted by Gasteiger charge is -2.19. The summed E-state index contributed by atoms with van der Waals surface area (Å²) in [5, 5.41) is 3.70. The number of hydrogen-bond donors (Lipinski definition) is 1. The van der Waals surface area contributed by atoms with Gasteiger partial charge in [-0.3, -0.25) is 0 Å². The van der Waals surface area contributed by atoms with Gasteiger partial charge in [-0.2, -0.15) is 0 Å². The molecule has 0 fully saturated rings. The normalized spacial score (nSPS) is 17.7. The Labute approximate surface area is 127 Å². The van der Waals surface area contributed by atoms with Gasteiger partial charge in [0.1, 0.15) is 5.75 Å². The van der Waals surface area contributed by atoms with Crippen molar-refractivity contribution in [1.82, 2.24) is 5.32 Å². The predicted molar refractivity (Wildman–Crippen MR) is 86.7 cm³/mol. The van der Waals surface area contributed by atoms with Crippen LogP contribution < -0.4 is 10.1 Å². The van der Waals surface area contributed by atoms with E-state index in [-0.39, 0.29) is 0 Å². The minimum atomic E-state index is 0.378. The van der Waals surface area contributed by atoms with Gasteiger partial charge in [0, 0.05) is 18.2 Å². The molecule has 3 rings (SSSR count). The van der Waals surface area contributed by atoms with Crippen LogP contribution >= 0.6 is 0 Å². The van der Waals surface area contributed by atoms with Crippen molar-refractivity contribution in [2.75, 3.05) is 6.61 Å². The van der Waals surface area contributed by atoms with Crippen molar-refractivity contribution in [2.24, 2.45) is 0 Å². The summed E-state index contributed by atoms with van der Waals surface area (Å²) in [5.41, 5.74) is 5.18. The molecule has 0 radical (unpaired) electrons. The summed E-state index contributed by atoms with van der Waals surface area (Å²) in [6, 6.07) is 15.6. The lowest BCUT2D eigenvalue weighted by Crippen LogP contribution is -2.20. The highest BCUT2D eigenvalue weighted by atomic mass is 16.5. The quantitative estimate of drug-likeness (QED) is 0.905. The number of aryl methyl sites for hydroxylation is 2. The molecule has 0 spiro atoms. The van der Waals surface area contributed by atoms with E-state index in [1.165, 1.54) is 22.3 Å². The molecule has 1 aliphatic rings. The van der Waals surface area contributed by atoms with E-state index in [1.54, 1.807) is 0 Å². The fourth-order valence-electron chi connectivity index (χ4n) is 2.92. The number of rotatable bonds is 3. The van der Waals surface area contributed by atoms with Crippen LogP contribution in [0.15, 0.2) is 42.5 Å². The molecule has 0 amide bonds. The van der Waals surface area contributed by atoms with Crippen molar-refractivity contribution in [3.8, 4) is 5.75 Å². The van der Waals surface area contributed by atoms with Gasteiger partial charge in [0.2, 0.25) is 0 Å². The van der Waals surface area contributed by atoms with Gasteiger partial charge in [-0.25, -0.2) is 0 Å². The molecular formula is C19H23NO. The zero-order chi connectivity index (χ0) is 14.7. The molecule has 1 atom stereocenters. The Balaban J connectivity index is 1.76. The molecule has 1 N–H and O–H groups in total. The van der Waals surface area contributed by atoms with E-state index in [0.29, 0.717) is 6.04 Å². The van der Waals surface area contributed by atoms with Crippen molar-refractivity contribution in [2.45, 2.75) is 39.3 Å². The van der Waals surface area contributed by atoms with Crippen LogP contribution in [0.4, 0.5) is 0 Å². The molecule has 2 nitrogen and oxygen atoms in total. The van der Waals surface area contributed by atoms with Crippen LogP contribution in [0.3, 0.4) is 0 Å². The zero-order valence-electron chi connectivity index (χ0n) is 12.9. The fraction of sp³-hybridized carbons (Fsp3) is 0.368. The first-order valence-electron chi connectivity index (χ1n) is 7.75. The molecule has 2 heteroatoms. The van der Waals surface area contributed by atoms with Gasteiger partial charge in [0.05, 0.1) is 6.61 Å². The maximum Gasteiger partial charge on any atom is 0.126 e. The third-order valence-corrected chi connectivity index (χ3v) is 4.17. The second kappa shape index (κ2) is 6.31. The summed E-state index contributed by atoms with van der Waals surface area (Å²) in [7, 11) is 0. The van der Waals surface area contributed by atoms with Crippen molar-refractivity contribution >= 4 is 0 Å². The molecule has 0 aromatic heterocycles. The number of nitrogens with one attached hydrogen (secondary N) is 1. The predicted octanol–water partition coefficient (Wildman–Crippen LogP) is 4.31. The number of hydrogen-bond acceptors (Lipinski definition) is 2. The van der Waals surface area contributed by atoms with E-state index in [1.807, 2.05) is 0 Å². The van der Waals surface area contributed by atoms with Crippen LogP contribution in [-0.2, 0) is 6.54 Å². The highest BCUT2D eigenvalue weighted by molar-refractivity contribution is 5.43. The number of ether oxygens (including phenoxy) is 1. The van der Waals surface area contributed by atoms with E-state index in [0.717, 1.165) is 31.7 Å². The van der Waals surface area contributed by atoms with Crippen LogP contribution in [0.25, 0.3) is 0 Å². The van der Waals surface area contributed by atoms with Gasteiger partial charge >= 0.3 is 0 Å². The summed E-state index contributed by atoms with van der Waals surface area (Å²) in [6.07, 6.45) is 2.22. The third-order valence-electron chi connectivity index (χ3n) is 4.17. The molecule has 0 bridgehead atoms. The largest absolute Gasteiger partial charge is 0.493 e. The SMILES string of the molecule is Cc1ccc(CNC2CCCOc3c(C)cccc32)cc1. The highest BCUT2D eigenvalue weighted by Gasteiger charge is 2.20. The van der Waals surface area contributed by atoms with Crippen LogP contribution in [0.5, 0.6) is 5.75 Å². The lowest BCUT2D eigenvalue weighted by atomic mass is 9.99. The average molecular weight is 281 g/mol. The van der Waals surface area contributed by atoms with Gasteiger partial charge in [0.15, 0.2) is 0 Å². The molecule has 0 saturated carbocycles. The van der Waals surface area contributed by atoms with E-state index in [9.17, 15) is 0 Å². The molecular weight excluding hydrogens is 258 g/mol. The maximum atomic E-state index is 5.94.